The number of hydrogen-bond donors (Lipinski definition) is 4. The average Bonchev–Trinajstić information content (AvgIpc) is 2.67. The Morgan fingerprint density at radius 3 is 2.71 bits per heavy atom. The molecular formula is C11H11N3O3. The molecule has 0 bridgehead atoms. The quantitative estimate of drug-likeness (QED) is 0.605. The molecule has 0 saturated heterocycles. The van der Waals surface area contributed by atoms with E-state index in [9.17, 15) is 15.0 Å². The number of aliphatic hydroxyl groups excluding tert-OH is 2. The number of benzene rings is 1. The molecule has 0 spiro atoms. The molecule has 0 saturated carbocycles. The van der Waals surface area contributed by atoms with Crippen molar-refractivity contribution < 1.29 is 10.2 Å². The first-order valence-corrected chi connectivity index (χ1v) is 5.07. The number of H-pyrrole nitrogens is 2. The SMILES string of the molecule is N#CCC(O)C(O)c1ccc2[nH]c(=O)[nH]c2c1. The van der Waals surface area contributed by atoms with Gasteiger partial charge in [-0.05, 0) is 17.7 Å². The number of nitrogens with zero attached hydrogens (tertiary/aromatic N) is 1. The molecule has 2 unspecified atom stereocenters. The van der Waals surface area contributed by atoms with Gasteiger partial charge in [-0.15, -0.1) is 0 Å². The lowest BCUT2D eigenvalue weighted by Crippen LogP contribution is -2.17. The molecule has 1 aromatic heterocycles. The highest BCUT2D eigenvalue weighted by atomic mass is 16.3. The van der Waals surface area contributed by atoms with E-state index in [-0.39, 0.29) is 12.1 Å². The molecule has 88 valence electrons. The zero-order valence-electron chi connectivity index (χ0n) is 8.84. The van der Waals surface area contributed by atoms with Crippen molar-refractivity contribution in [2.24, 2.45) is 0 Å². The fourth-order valence-electron chi connectivity index (χ4n) is 1.66. The third-order valence-corrected chi connectivity index (χ3v) is 2.55. The Labute approximate surface area is 96.1 Å². The molecule has 0 aliphatic carbocycles. The van der Waals surface area contributed by atoms with Crippen molar-refractivity contribution in [3.63, 3.8) is 0 Å². The maximum absolute atomic E-state index is 11.0. The summed E-state index contributed by atoms with van der Waals surface area (Å²) in [5.41, 5.74) is 1.30. The van der Waals surface area contributed by atoms with Gasteiger partial charge in [-0.3, -0.25) is 0 Å². The number of nitrogens with one attached hydrogen (secondary N) is 2. The van der Waals surface area contributed by atoms with Gasteiger partial charge in [-0.25, -0.2) is 4.79 Å². The third kappa shape index (κ3) is 2.20. The van der Waals surface area contributed by atoms with E-state index in [1.54, 1.807) is 24.3 Å². The van der Waals surface area contributed by atoms with E-state index in [4.69, 9.17) is 5.26 Å². The number of aromatic nitrogens is 2. The molecule has 6 heteroatoms. The molecule has 4 N–H and O–H groups in total. The Kier molecular flexibility index (Phi) is 2.95. The normalized spacial score (nSPS) is 14.4. The number of hydrogen-bond acceptors (Lipinski definition) is 4. The third-order valence-electron chi connectivity index (χ3n) is 2.55. The molecule has 2 aromatic rings. The maximum atomic E-state index is 11.0. The molecule has 0 aliphatic rings. The van der Waals surface area contributed by atoms with Gasteiger partial charge in [0.05, 0.1) is 29.6 Å². The number of rotatable bonds is 3. The molecule has 0 amide bonds. The van der Waals surface area contributed by atoms with Gasteiger partial charge in [-0.1, -0.05) is 6.07 Å². The molecule has 1 heterocycles. The van der Waals surface area contributed by atoms with E-state index in [1.165, 1.54) is 0 Å². The lowest BCUT2D eigenvalue weighted by Gasteiger charge is -2.15. The zero-order chi connectivity index (χ0) is 12.4. The van der Waals surface area contributed by atoms with Crippen LogP contribution in [0.15, 0.2) is 23.0 Å². The van der Waals surface area contributed by atoms with Gasteiger partial charge in [0.15, 0.2) is 0 Å². The molecule has 1 aromatic carbocycles. The summed E-state index contributed by atoms with van der Waals surface area (Å²) >= 11 is 0. The molecular weight excluding hydrogens is 222 g/mol. The molecule has 2 rings (SSSR count). The zero-order valence-corrected chi connectivity index (χ0v) is 8.84. The number of imidazole rings is 1. The summed E-state index contributed by atoms with van der Waals surface area (Å²) in [6.45, 7) is 0. The summed E-state index contributed by atoms with van der Waals surface area (Å²) < 4.78 is 0. The van der Waals surface area contributed by atoms with Crippen LogP contribution in [0.25, 0.3) is 11.0 Å². The van der Waals surface area contributed by atoms with Crippen LogP contribution in [-0.2, 0) is 0 Å². The fourth-order valence-corrected chi connectivity index (χ4v) is 1.66. The van der Waals surface area contributed by atoms with Gasteiger partial charge in [-0.2, -0.15) is 5.26 Å². The molecule has 6 nitrogen and oxygen atoms in total. The summed E-state index contributed by atoms with van der Waals surface area (Å²) in [6.07, 6.45) is -2.43. The highest BCUT2D eigenvalue weighted by Crippen LogP contribution is 2.21. The van der Waals surface area contributed by atoms with Crippen LogP contribution in [0.2, 0.25) is 0 Å². The molecule has 0 aliphatic heterocycles. The fraction of sp³-hybridized carbons (Fsp3) is 0.273. The first-order valence-electron chi connectivity index (χ1n) is 5.07. The topological polar surface area (TPSA) is 113 Å². The second-order valence-electron chi connectivity index (χ2n) is 3.76. The van der Waals surface area contributed by atoms with E-state index in [0.717, 1.165) is 0 Å². The van der Waals surface area contributed by atoms with Crippen molar-refractivity contribution in [3.05, 3.63) is 34.2 Å². The minimum Gasteiger partial charge on any atom is -0.389 e. The Morgan fingerprint density at radius 1 is 1.29 bits per heavy atom. The van der Waals surface area contributed by atoms with Crippen molar-refractivity contribution in [1.82, 2.24) is 9.97 Å². The van der Waals surface area contributed by atoms with Crippen LogP contribution >= 0.6 is 0 Å². The van der Waals surface area contributed by atoms with Gasteiger partial charge in [0.25, 0.3) is 0 Å². The van der Waals surface area contributed by atoms with Crippen molar-refractivity contribution >= 4 is 11.0 Å². The molecule has 17 heavy (non-hydrogen) atoms. The Balaban J connectivity index is 2.36. The molecule has 0 radical (unpaired) electrons. The van der Waals surface area contributed by atoms with E-state index < -0.39 is 12.2 Å². The molecule has 2 atom stereocenters. The summed E-state index contributed by atoms with van der Waals surface area (Å²) in [5, 5.41) is 27.7. The van der Waals surface area contributed by atoms with Crippen LogP contribution in [0, 0.1) is 11.3 Å². The van der Waals surface area contributed by atoms with Crippen molar-refractivity contribution in [1.29, 1.82) is 5.26 Å². The Hall–Kier alpha value is -2.10. The predicted octanol–water partition coefficient (Wildman–Crippen LogP) is 0.164. The summed E-state index contributed by atoms with van der Waals surface area (Å²) in [5.74, 6) is 0. The second-order valence-corrected chi connectivity index (χ2v) is 3.76. The lowest BCUT2D eigenvalue weighted by atomic mass is 10.0. The van der Waals surface area contributed by atoms with E-state index in [2.05, 4.69) is 9.97 Å². The van der Waals surface area contributed by atoms with Gasteiger partial charge < -0.3 is 20.2 Å². The van der Waals surface area contributed by atoms with Crippen LogP contribution < -0.4 is 5.69 Å². The van der Waals surface area contributed by atoms with E-state index in [1.807, 2.05) is 0 Å². The van der Waals surface area contributed by atoms with Crippen LogP contribution in [0.1, 0.15) is 18.1 Å². The van der Waals surface area contributed by atoms with Gasteiger partial charge >= 0.3 is 5.69 Å². The highest BCUT2D eigenvalue weighted by molar-refractivity contribution is 5.75. The first kappa shape index (κ1) is 11.4. The lowest BCUT2D eigenvalue weighted by molar-refractivity contribution is 0.0217. The van der Waals surface area contributed by atoms with Crippen LogP contribution in [0.4, 0.5) is 0 Å². The standard InChI is InChI=1S/C11H11N3O3/c12-4-3-9(15)10(16)6-1-2-7-8(5-6)14-11(17)13-7/h1-2,5,9-10,15-16H,3H2,(H2,13,14,17). The Morgan fingerprint density at radius 2 is 2.00 bits per heavy atom. The number of aromatic amines is 2. The van der Waals surface area contributed by atoms with Crippen LogP contribution in [0.5, 0.6) is 0 Å². The van der Waals surface area contributed by atoms with E-state index >= 15 is 0 Å². The van der Waals surface area contributed by atoms with Crippen molar-refractivity contribution in [2.75, 3.05) is 0 Å². The summed E-state index contributed by atoms with van der Waals surface area (Å²) in [6, 6.07) is 6.58. The van der Waals surface area contributed by atoms with Crippen LogP contribution in [0.3, 0.4) is 0 Å². The number of nitriles is 1. The minimum absolute atomic E-state index is 0.150. The first-order chi connectivity index (χ1) is 8.11. The minimum atomic E-state index is -1.14. The largest absolute Gasteiger partial charge is 0.389 e. The van der Waals surface area contributed by atoms with Gasteiger partial charge in [0, 0.05) is 0 Å². The van der Waals surface area contributed by atoms with E-state index in [0.29, 0.717) is 16.6 Å². The molecule has 0 fully saturated rings. The van der Waals surface area contributed by atoms with Crippen molar-refractivity contribution in [3.8, 4) is 6.07 Å². The van der Waals surface area contributed by atoms with Crippen LogP contribution in [-0.4, -0.2) is 26.3 Å². The monoisotopic (exact) mass is 233 g/mol. The second kappa shape index (κ2) is 4.41. The highest BCUT2D eigenvalue weighted by Gasteiger charge is 2.18. The number of fused-ring (bicyclic) bond motifs is 1. The Bertz CT molecular complexity index is 623. The summed E-state index contributed by atoms with van der Waals surface area (Å²) in [7, 11) is 0. The summed E-state index contributed by atoms with van der Waals surface area (Å²) in [4.78, 5) is 16.2. The predicted molar refractivity (Wildman–Crippen MR) is 60.1 cm³/mol. The smallest absolute Gasteiger partial charge is 0.323 e. The average molecular weight is 233 g/mol. The van der Waals surface area contributed by atoms with Crippen molar-refractivity contribution in [2.45, 2.75) is 18.6 Å². The van der Waals surface area contributed by atoms with Gasteiger partial charge in [0.2, 0.25) is 0 Å². The number of aliphatic hydroxyl groups is 2. The maximum Gasteiger partial charge on any atom is 0.323 e. The van der Waals surface area contributed by atoms with Gasteiger partial charge in [0.1, 0.15) is 6.10 Å².